The van der Waals surface area contributed by atoms with E-state index in [1.165, 1.54) is 15.7 Å². The fourth-order valence-electron chi connectivity index (χ4n) is 3.39. The van der Waals surface area contributed by atoms with Crippen molar-refractivity contribution in [2.45, 2.75) is 25.0 Å². The number of piperidine rings is 1. The van der Waals surface area contributed by atoms with Crippen LogP contribution in [0.2, 0.25) is 0 Å². The van der Waals surface area contributed by atoms with Gasteiger partial charge in [-0.05, 0) is 24.0 Å². The second kappa shape index (κ2) is 4.70. The van der Waals surface area contributed by atoms with Crippen LogP contribution in [0.25, 0.3) is 0 Å². The van der Waals surface area contributed by atoms with E-state index in [2.05, 4.69) is 29.2 Å². The number of amides is 1. The maximum Gasteiger partial charge on any atom is 0.329 e. The molecule has 21 heavy (non-hydrogen) atoms. The molecule has 1 aromatic heterocycles. The van der Waals surface area contributed by atoms with Crippen LogP contribution in [0.1, 0.15) is 24.0 Å². The number of imidazole rings is 1. The minimum atomic E-state index is -0.192. The first kappa shape index (κ1) is 12.6. The number of carbonyl (C=O) groups excluding carboxylic acids is 1. The van der Waals surface area contributed by atoms with E-state index in [9.17, 15) is 4.79 Å². The first-order valence-electron chi connectivity index (χ1n) is 7.28. The highest BCUT2D eigenvalue weighted by atomic mass is 16.5. The van der Waals surface area contributed by atoms with E-state index in [0.29, 0.717) is 19.7 Å². The summed E-state index contributed by atoms with van der Waals surface area (Å²) >= 11 is 0. The molecule has 1 spiro atoms. The van der Waals surface area contributed by atoms with Crippen molar-refractivity contribution in [2.24, 2.45) is 0 Å². The summed E-state index contributed by atoms with van der Waals surface area (Å²) in [4.78, 5) is 18.1. The molecule has 3 heterocycles. The summed E-state index contributed by atoms with van der Waals surface area (Å²) in [5.74, 6) is 0. The zero-order chi connectivity index (χ0) is 14.3. The molecule has 0 radical (unpaired) electrons. The quantitative estimate of drug-likeness (QED) is 0.745. The van der Waals surface area contributed by atoms with E-state index in [1.807, 2.05) is 4.90 Å². The standard InChI is InChI=1S/C16H17N3O2/c20-15(19-10-7-17-12-19)18-8-5-16(6-9-18)14-4-2-1-3-13(14)11-21-16/h1-4,7,10,12H,5-6,8-9,11H2. The smallest absolute Gasteiger partial charge is 0.329 e. The lowest BCUT2D eigenvalue weighted by atomic mass is 9.84. The van der Waals surface area contributed by atoms with Crippen LogP contribution in [-0.4, -0.2) is 33.6 Å². The first-order valence-corrected chi connectivity index (χ1v) is 7.28. The maximum atomic E-state index is 12.3. The number of ether oxygens (including phenoxy) is 1. The van der Waals surface area contributed by atoms with Gasteiger partial charge < -0.3 is 9.64 Å². The van der Waals surface area contributed by atoms with Crippen LogP contribution in [0.15, 0.2) is 43.0 Å². The molecule has 0 aliphatic carbocycles. The third kappa shape index (κ3) is 1.96. The summed E-state index contributed by atoms with van der Waals surface area (Å²) in [6.07, 6.45) is 6.57. The van der Waals surface area contributed by atoms with E-state index >= 15 is 0 Å². The molecule has 5 heteroatoms. The monoisotopic (exact) mass is 283 g/mol. The summed E-state index contributed by atoms with van der Waals surface area (Å²) in [7, 11) is 0. The zero-order valence-electron chi connectivity index (χ0n) is 11.7. The molecule has 4 rings (SSSR count). The van der Waals surface area contributed by atoms with Gasteiger partial charge in [0, 0.05) is 25.5 Å². The number of hydrogen-bond acceptors (Lipinski definition) is 3. The van der Waals surface area contributed by atoms with Crippen LogP contribution in [-0.2, 0) is 16.9 Å². The molecule has 0 bridgehead atoms. The number of hydrogen-bond donors (Lipinski definition) is 0. The van der Waals surface area contributed by atoms with Crippen molar-refractivity contribution in [3.05, 3.63) is 54.1 Å². The fraction of sp³-hybridized carbons (Fsp3) is 0.375. The van der Waals surface area contributed by atoms with Gasteiger partial charge in [-0.15, -0.1) is 0 Å². The topological polar surface area (TPSA) is 47.4 Å². The lowest BCUT2D eigenvalue weighted by molar-refractivity contribution is -0.0727. The van der Waals surface area contributed by atoms with E-state index in [-0.39, 0.29) is 11.6 Å². The highest BCUT2D eigenvalue weighted by molar-refractivity contribution is 5.76. The molecule has 0 atom stereocenters. The number of fused-ring (bicyclic) bond motifs is 2. The summed E-state index contributed by atoms with van der Waals surface area (Å²) in [5, 5.41) is 0. The van der Waals surface area contributed by atoms with Gasteiger partial charge >= 0.3 is 6.03 Å². The summed E-state index contributed by atoms with van der Waals surface area (Å²) in [6.45, 7) is 2.11. The lowest BCUT2D eigenvalue weighted by Crippen LogP contribution is -2.46. The zero-order valence-corrected chi connectivity index (χ0v) is 11.7. The van der Waals surface area contributed by atoms with Crippen LogP contribution >= 0.6 is 0 Å². The Labute approximate surface area is 123 Å². The van der Waals surface area contributed by atoms with Crippen molar-refractivity contribution in [2.75, 3.05) is 13.1 Å². The molecule has 1 saturated heterocycles. The van der Waals surface area contributed by atoms with Crippen molar-refractivity contribution in [3.63, 3.8) is 0 Å². The van der Waals surface area contributed by atoms with E-state index in [4.69, 9.17) is 4.74 Å². The fourth-order valence-corrected chi connectivity index (χ4v) is 3.39. The van der Waals surface area contributed by atoms with Crippen molar-refractivity contribution in [3.8, 4) is 0 Å². The first-order chi connectivity index (χ1) is 10.3. The number of nitrogens with zero attached hydrogens (tertiary/aromatic N) is 3. The highest BCUT2D eigenvalue weighted by Gasteiger charge is 2.43. The molecular formula is C16H17N3O2. The van der Waals surface area contributed by atoms with Crippen LogP contribution in [0.5, 0.6) is 0 Å². The SMILES string of the molecule is O=C(N1CCC2(CC1)OCc1ccccc12)n1ccnc1. The molecule has 1 aromatic carbocycles. The van der Waals surface area contributed by atoms with E-state index in [0.717, 1.165) is 12.8 Å². The second-order valence-electron chi connectivity index (χ2n) is 5.68. The van der Waals surface area contributed by atoms with Crippen LogP contribution < -0.4 is 0 Å². The molecule has 2 aliphatic heterocycles. The van der Waals surface area contributed by atoms with Crippen LogP contribution in [0.4, 0.5) is 4.79 Å². The minimum absolute atomic E-state index is 0.00590. The summed E-state index contributed by atoms with van der Waals surface area (Å²) in [5.41, 5.74) is 2.40. The normalized spacial score (nSPS) is 19.7. The van der Waals surface area contributed by atoms with E-state index < -0.39 is 0 Å². The Morgan fingerprint density at radius 1 is 1.24 bits per heavy atom. The Bertz CT molecular complexity index is 658. The Kier molecular flexibility index (Phi) is 2.82. The molecule has 2 aromatic rings. The second-order valence-corrected chi connectivity index (χ2v) is 5.68. The number of likely N-dealkylation sites (tertiary alicyclic amines) is 1. The van der Waals surface area contributed by atoms with Gasteiger partial charge in [0.2, 0.25) is 0 Å². The summed E-state index contributed by atoms with van der Waals surface area (Å²) in [6, 6.07) is 8.41. The number of aromatic nitrogens is 2. The minimum Gasteiger partial charge on any atom is -0.365 e. The third-order valence-electron chi connectivity index (χ3n) is 4.58. The molecule has 108 valence electrons. The van der Waals surface area contributed by atoms with Gasteiger partial charge in [-0.1, -0.05) is 24.3 Å². The van der Waals surface area contributed by atoms with Gasteiger partial charge in [0.05, 0.1) is 12.2 Å². The highest BCUT2D eigenvalue weighted by Crippen LogP contribution is 2.43. The average Bonchev–Trinajstić information content (AvgIpc) is 3.17. The predicted octanol–water partition coefficient (Wildman–Crippen LogP) is 2.37. The van der Waals surface area contributed by atoms with Crippen molar-refractivity contribution < 1.29 is 9.53 Å². The molecule has 5 nitrogen and oxygen atoms in total. The molecule has 2 aliphatic rings. The number of benzene rings is 1. The van der Waals surface area contributed by atoms with Gasteiger partial charge in [-0.2, -0.15) is 0 Å². The Balaban J connectivity index is 1.52. The molecule has 0 unspecified atom stereocenters. The Hall–Kier alpha value is -2.14. The van der Waals surface area contributed by atoms with Crippen molar-refractivity contribution in [1.29, 1.82) is 0 Å². The van der Waals surface area contributed by atoms with Crippen LogP contribution in [0, 0.1) is 0 Å². The molecule has 0 N–H and O–H groups in total. The Morgan fingerprint density at radius 3 is 2.81 bits per heavy atom. The molecule has 1 amide bonds. The van der Waals surface area contributed by atoms with Gasteiger partial charge in [0.25, 0.3) is 0 Å². The van der Waals surface area contributed by atoms with Gasteiger partial charge in [-0.3, -0.25) is 4.57 Å². The van der Waals surface area contributed by atoms with Crippen LogP contribution in [0.3, 0.4) is 0 Å². The predicted molar refractivity (Wildman–Crippen MR) is 76.7 cm³/mol. The van der Waals surface area contributed by atoms with Crippen molar-refractivity contribution in [1.82, 2.24) is 14.5 Å². The largest absolute Gasteiger partial charge is 0.365 e. The summed E-state index contributed by atoms with van der Waals surface area (Å²) < 4.78 is 7.64. The maximum absolute atomic E-state index is 12.3. The van der Waals surface area contributed by atoms with Gasteiger partial charge in [-0.25, -0.2) is 9.78 Å². The van der Waals surface area contributed by atoms with Crippen molar-refractivity contribution >= 4 is 6.03 Å². The van der Waals surface area contributed by atoms with Gasteiger partial charge in [0.1, 0.15) is 6.33 Å². The molecule has 1 fully saturated rings. The van der Waals surface area contributed by atoms with Gasteiger partial charge in [0.15, 0.2) is 0 Å². The third-order valence-corrected chi connectivity index (χ3v) is 4.58. The number of carbonyl (C=O) groups is 1. The molecular weight excluding hydrogens is 266 g/mol. The average molecular weight is 283 g/mol. The lowest BCUT2D eigenvalue weighted by Gasteiger charge is -2.39. The molecule has 0 saturated carbocycles. The Morgan fingerprint density at radius 2 is 2.05 bits per heavy atom. The van der Waals surface area contributed by atoms with E-state index in [1.54, 1.807) is 18.7 Å². The number of rotatable bonds is 0.